The highest BCUT2D eigenvalue weighted by Gasteiger charge is 2.34. The van der Waals surface area contributed by atoms with Crippen LogP contribution in [0.1, 0.15) is 28.3 Å². The van der Waals surface area contributed by atoms with E-state index in [-0.39, 0.29) is 5.69 Å². The van der Waals surface area contributed by atoms with E-state index >= 15 is 0 Å². The van der Waals surface area contributed by atoms with Gasteiger partial charge in [-0.25, -0.2) is 0 Å². The van der Waals surface area contributed by atoms with Gasteiger partial charge in [-0.05, 0) is 38.0 Å². The minimum atomic E-state index is -4.43. The lowest BCUT2D eigenvalue weighted by molar-refractivity contribution is -0.137. The molecule has 126 valence electrons. The van der Waals surface area contributed by atoms with Crippen molar-refractivity contribution in [2.75, 3.05) is 0 Å². The molecule has 1 aromatic carbocycles. The van der Waals surface area contributed by atoms with Crippen molar-refractivity contribution < 1.29 is 13.2 Å². The van der Waals surface area contributed by atoms with Crippen LogP contribution in [0.3, 0.4) is 0 Å². The zero-order valence-corrected chi connectivity index (χ0v) is 13.2. The second-order valence-corrected chi connectivity index (χ2v) is 5.54. The predicted octanol–water partition coefficient (Wildman–Crippen LogP) is 3.41. The SMILES string of the molecule is Cc1n[nH]c(C)c1CCc1nncn1-c1ccccc1C(F)(F)F. The van der Waals surface area contributed by atoms with Crippen molar-refractivity contribution in [1.29, 1.82) is 0 Å². The van der Waals surface area contributed by atoms with Crippen LogP contribution in [0.5, 0.6) is 0 Å². The minimum Gasteiger partial charge on any atom is -0.285 e. The van der Waals surface area contributed by atoms with Gasteiger partial charge in [0.05, 0.1) is 16.9 Å². The Balaban J connectivity index is 1.92. The number of hydrogen-bond donors (Lipinski definition) is 1. The molecule has 3 rings (SSSR count). The van der Waals surface area contributed by atoms with Gasteiger partial charge in [-0.2, -0.15) is 18.3 Å². The number of nitrogens with zero attached hydrogens (tertiary/aromatic N) is 4. The third-order valence-corrected chi connectivity index (χ3v) is 3.97. The molecule has 5 nitrogen and oxygen atoms in total. The first-order valence-corrected chi connectivity index (χ1v) is 7.44. The van der Waals surface area contributed by atoms with Crippen LogP contribution in [0.4, 0.5) is 13.2 Å². The summed E-state index contributed by atoms with van der Waals surface area (Å²) in [6.07, 6.45) is -2.03. The molecule has 0 fully saturated rings. The number of nitrogens with one attached hydrogen (secondary N) is 1. The summed E-state index contributed by atoms with van der Waals surface area (Å²) in [5.74, 6) is 0.478. The summed E-state index contributed by atoms with van der Waals surface area (Å²) in [6.45, 7) is 3.81. The van der Waals surface area contributed by atoms with E-state index in [0.29, 0.717) is 18.7 Å². The summed E-state index contributed by atoms with van der Waals surface area (Å²) in [6, 6.07) is 5.42. The van der Waals surface area contributed by atoms with Crippen LogP contribution in [0, 0.1) is 13.8 Å². The Morgan fingerprint density at radius 2 is 1.88 bits per heavy atom. The Labute approximate surface area is 136 Å². The third kappa shape index (κ3) is 3.04. The summed E-state index contributed by atoms with van der Waals surface area (Å²) >= 11 is 0. The second kappa shape index (κ2) is 6.10. The van der Waals surface area contributed by atoms with E-state index in [1.165, 1.54) is 23.0 Å². The minimum absolute atomic E-state index is 0.0330. The number of alkyl halides is 3. The molecule has 8 heteroatoms. The fourth-order valence-corrected chi connectivity index (χ4v) is 2.73. The fourth-order valence-electron chi connectivity index (χ4n) is 2.73. The maximum atomic E-state index is 13.2. The fraction of sp³-hybridized carbons (Fsp3) is 0.312. The topological polar surface area (TPSA) is 59.4 Å². The number of H-pyrrole nitrogens is 1. The van der Waals surface area contributed by atoms with Crippen molar-refractivity contribution >= 4 is 0 Å². The van der Waals surface area contributed by atoms with Crippen molar-refractivity contribution in [2.24, 2.45) is 0 Å². The normalized spacial score (nSPS) is 11.9. The van der Waals surface area contributed by atoms with Crippen molar-refractivity contribution in [1.82, 2.24) is 25.0 Å². The Hall–Kier alpha value is -2.64. The number of para-hydroxylation sites is 1. The zero-order valence-electron chi connectivity index (χ0n) is 13.2. The first kappa shape index (κ1) is 16.2. The van der Waals surface area contributed by atoms with E-state index in [2.05, 4.69) is 20.4 Å². The van der Waals surface area contributed by atoms with Gasteiger partial charge in [0.2, 0.25) is 0 Å². The number of rotatable bonds is 4. The molecule has 0 aliphatic carbocycles. The Morgan fingerprint density at radius 3 is 2.54 bits per heavy atom. The average molecular weight is 335 g/mol. The maximum Gasteiger partial charge on any atom is 0.418 e. The van der Waals surface area contributed by atoms with E-state index in [1.54, 1.807) is 6.07 Å². The first-order chi connectivity index (χ1) is 11.4. The molecule has 0 saturated heterocycles. The Morgan fingerprint density at radius 1 is 1.12 bits per heavy atom. The highest BCUT2D eigenvalue weighted by atomic mass is 19.4. The molecule has 0 bridgehead atoms. The molecule has 2 heterocycles. The van der Waals surface area contributed by atoms with Crippen LogP contribution < -0.4 is 0 Å². The zero-order chi connectivity index (χ0) is 17.3. The van der Waals surface area contributed by atoms with E-state index in [9.17, 15) is 13.2 Å². The smallest absolute Gasteiger partial charge is 0.285 e. The predicted molar refractivity (Wildman–Crippen MR) is 81.8 cm³/mol. The molecule has 3 aromatic rings. The van der Waals surface area contributed by atoms with Gasteiger partial charge in [-0.15, -0.1) is 10.2 Å². The average Bonchev–Trinajstić information content (AvgIpc) is 3.12. The van der Waals surface area contributed by atoms with Gasteiger partial charge in [0.25, 0.3) is 0 Å². The highest BCUT2D eigenvalue weighted by molar-refractivity contribution is 5.43. The van der Waals surface area contributed by atoms with Crippen LogP contribution in [0.15, 0.2) is 30.6 Å². The van der Waals surface area contributed by atoms with Crippen molar-refractivity contribution in [3.05, 3.63) is 58.9 Å². The van der Waals surface area contributed by atoms with E-state index in [1.807, 2.05) is 13.8 Å². The number of aromatic nitrogens is 5. The molecule has 0 saturated carbocycles. The summed E-state index contributed by atoms with van der Waals surface area (Å²) in [7, 11) is 0. The molecule has 1 N–H and O–H groups in total. The van der Waals surface area contributed by atoms with Crippen molar-refractivity contribution in [3.8, 4) is 5.69 Å². The summed E-state index contributed by atoms with van der Waals surface area (Å²) < 4.78 is 41.1. The Bertz CT molecular complexity index is 828. The Kier molecular flexibility index (Phi) is 4.13. The molecule has 0 aliphatic heterocycles. The number of aryl methyl sites for hydroxylation is 3. The molecule has 24 heavy (non-hydrogen) atoms. The van der Waals surface area contributed by atoms with Gasteiger partial charge in [-0.3, -0.25) is 9.67 Å². The molecule has 0 unspecified atom stereocenters. The molecule has 2 aromatic heterocycles. The number of aromatic amines is 1. The molecule has 0 radical (unpaired) electrons. The van der Waals surface area contributed by atoms with Crippen LogP contribution in [0.25, 0.3) is 5.69 Å². The van der Waals surface area contributed by atoms with Crippen LogP contribution in [0.2, 0.25) is 0 Å². The summed E-state index contributed by atoms with van der Waals surface area (Å²) in [4.78, 5) is 0. The van der Waals surface area contributed by atoms with E-state index in [0.717, 1.165) is 23.0 Å². The molecule has 0 amide bonds. The van der Waals surface area contributed by atoms with Gasteiger partial charge in [0, 0.05) is 12.1 Å². The molecule has 0 atom stereocenters. The van der Waals surface area contributed by atoms with Gasteiger partial charge >= 0.3 is 6.18 Å². The highest BCUT2D eigenvalue weighted by Crippen LogP contribution is 2.34. The molecule has 0 aliphatic rings. The number of hydrogen-bond acceptors (Lipinski definition) is 3. The molecule has 0 spiro atoms. The van der Waals surface area contributed by atoms with E-state index in [4.69, 9.17) is 0 Å². The van der Waals surface area contributed by atoms with Crippen molar-refractivity contribution in [3.63, 3.8) is 0 Å². The lowest BCUT2D eigenvalue weighted by Gasteiger charge is -2.14. The van der Waals surface area contributed by atoms with Gasteiger partial charge in [-0.1, -0.05) is 12.1 Å². The van der Waals surface area contributed by atoms with Gasteiger partial charge < -0.3 is 0 Å². The molecular formula is C16H16F3N5. The largest absolute Gasteiger partial charge is 0.418 e. The number of halogens is 3. The van der Waals surface area contributed by atoms with Gasteiger partial charge in [0.15, 0.2) is 0 Å². The van der Waals surface area contributed by atoms with Crippen LogP contribution in [-0.2, 0) is 19.0 Å². The van der Waals surface area contributed by atoms with Crippen LogP contribution >= 0.6 is 0 Å². The number of benzene rings is 1. The summed E-state index contributed by atoms with van der Waals surface area (Å²) in [5.41, 5.74) is 2.21. The third-order valence-electron chi connectivity index (χ3n) is 3.97. The second-order valence-electron chi connectivity index (χ2n) is 5.54. The van der Waals surface area contributed by atoms with Crippen molar-refractivity contribution in [2.45, 2.75) is 32.9 Å². The standard InChI is InChI=1S/C16H16F3N5/c1-10-12(11(2)22-21-10)7-8-15-23-20-9-24(15)14-6-4-3-5-13(14)16(17,18)19/h3-6,9H,7-8H2,1-2H3,(H,21,22). The quantitative estimate of drug-likeness (QED) is 0.795. The van der Waals surface area contributed by atoms with Crippen LogP contribution in [-0.4, -0.2) is 25.0 Å². The van der Waals surface area contributed by atoms with E-state index < -0.39 is 11.7 Å². The molecular weight excluding hydrogens is 319 g/mol. The maximum absolute atomic E-state index is 13.2. The van der Waals surface area contributed by atoms with Gasteiger partial charge in [0.1, 0.15) is 12.2 Å². The lowest BCUT2D eigenvalue weighted by atomic mass is 10.1. The first-order valence-electron chi connectivity index (χ1n) is 7.44. The summed E-state index contributed by atoms with van der Waals surface area (Å²) in [5, 5.41) is 14.8. The lowest BCUT2D eigenvalue weighted by Crippen LogP contribution is -2.12. The monoisotopic (exact) mass is 335 g/mol.